The van der Waals surface area contributed by atoms with Crippen LogP contribution in [0.15, 0.2) is 42.5 Å². The summed E-state index contributed by atoms with van der Waals surface area (Å²) in [6.07, 6.45) is -3.96. The quantitative estimate of drug-likeness (QED) is 0.395. The second kappa shape index (κ2) is 10.8. The van der Waals surface area contributed by atoms with Crippen molar-refractivity contribution in [3.8, 4) is 0 Å². The van der Waals surface area contributed by atoms with E-state index in [1.54, 1.807) is 19.9 Å². The molecule has 0 spiro atoms. The summed E-state index contributed by atoms with van der Waals surface area (Å²) in [5, 5.41) is 3.65. The molecule has 0 saturated carbocycles. The zero-order valence-corrected chi connectivity index (χ0v) is 22.1. The van der Waals surface area contributed by atoms with Crippen molar-refractivity contribution in [2.24, 2.45) is 0 Å². The van der Waals surface area contributed by atoms with Crippen LogP contribution in [0.5, 0.6) is 0 Å². The maximum Gasteiger partial charge on any atom is 0.416 e. The molecule has 2 aromatic carbocycles. The monoisotopic (exact) mass is 529 g/mol. The van der Waals surface area contributed by atoms with Crippen molar-refractivity contribution in [1.82, 2.24) is 15.2 Å². The Morgan fingerprint density at radius 1 is 1.14 bits per heavy atom. The number of halogens is 3. The molecule has 0 aliphatic carbocycles. The standard InChI is InChI=1S/C28H30F3N3O2S/c1-16(19(4)35)27-33-18(3)25(37-27)26(36)32-17(2)21-10-8-20(9-11-21)14-34-13-12-23-22(15-34)6-5-7-24(23)28(29,30)31/h5-11,16-17H,12-15H2,1-4H3,(H,32,36)/t16?,17-/m0/s1. The average molecular weight is 530 g/mol. The number of fused-ring (bicyclic) bond motifs is 1. The van der Waals surface area contributed by atoms with Crippen LogP contribution in [0.3, 0.4) is 0 Å². The van der Waals surface area contributed by atoms with Gasteiger partial charge in [-0.05, 0) is 62.4 Å². The predicted molar refractivity (Wildman–Crippen MR) is 138 cm³/mol. The molecule has 2 atom stereocenters. The van der Waals surface area contributed by atoms with Crippen molar-refractivity contribution < 1.29 is 22.8 Å². The number of ketones is 1. The van der Waals surface area contributed by atoms with Gasteiger partial charge in [-0.2, -0.15) is 13.2 Å². The number of carbonyl (C=O) groups excluding carboxylic acids is 2. The molecule has 5 nitrogen and oxygen atoms in total. The van der Waals surface area contributed by atoms with Crippen LogP contribution in [0.25, 0.3) is 0 Å². The Bertz CT molecular complexity index is 1300. The van der Waals surface area contributed by atoms with E-state index in [1.165, 1.54) is 24.3 Å². The van der Waals surface area contributed by atoms with Gasteiger partial charge in [-0.3, -0.25) is 14.5 Å². The number of alkyl halides is 3. The molecular formula is C28H30F3N3O2S. The van der Waals surface area contributed by atoms with Crippen molar-refractivity contribution in [3.05, 3.63) is 85.9 Å². The first-order valence-electron chi connectivity index (χ1n) is 12.2. The third-order valence-electron chi connectivity index (χ3n) is 6.88. The summed E-state index contributed by atoms with van der Waals surface area (Å²) < 4.78 is 40.0. The Morgan fingerprint density at radius 2 is 1.84 bits per heavy atom. The Labute approximate surface area is 218 Å². The van der Waals surface area contributed by atoms with Crippen LogP contribution in [-0.2, 0) is 30.5 Å². The third kappa shape index (κ3) is 6.10. The molecule has 1 aliphatic heterocycles. The smallest absolute Gasteiger partial charge is 0.345 e. The lowest BCUT2D eigenvalue weighted by atomic mass is 9.94. The molecule has 37 heavy (non-hydrogen) atoms. The van der Waals surface area contributed by atoms with E-state index in [9.17, 15) is 22.8 Å². The summed E-state index contributed by atoms with van der Waals surface area (Å²) in [6.45, 7) is 8.65. The number of hydrogen-bond donors (Lipinski definition) is 1. The minimum Gasteiger partial charge on any atom is -0.345 e. The number of rotatable bonds is 7. The molecule has 1 unspecified atom stereocenters. The fourth-order valence-corrected chi connectivity index (χ4v) is 5.65. The van der Waals surface area contributed by atoms with Gasteiger partial charge in [0.1, 0.15) is 15.7 Å². The number of hydrogen-bond acceptors (Lipinski definition) is 5. The highest BCUT2D eigenvalue weighted by Gasteiger charge is 2.35. The van der Waals surface area contributed by atoms with Gasteiger partial charge < -0.3 is 5.32 Å². The normalized spacial score (nSPS) is 15.6. The van der Waals surface area contributed by atoms with Crippen LogP contribution in [0.4, 0.5) is 13.2 Å². The van der Waals surface area contributed by atoms with Gasteiger partial charge in [0.05, 0.1) is 23.2 Å². The number of amides is 1. The molecule has 1 N–H and O–H groups in total. The summed E-state index contributed by atoms with van der Waals surface area (Å²) in [6, 6.07) is 12.1. The minimum atomic E-state index is -4.33. The highest BCUT2D eigenvalue weighted by Crippen LogP contribution is 2.35. The Hall–Kier alpha value is -3.04. The van der Waals surface area contributed by atoms with E-state index in [-0.39, 0.29) is 23.7 Å². The minimum absolute atomic E-state index is 0.00832. The largest absolute Gasteiger partial charge is 0.416 e. The van der Waals surface area contributed by atoms with Gasteiger partial charge in [-0.15, -0.1) is 11.3 Å². The van der Waals surface area contributed by atoms with Gasteiger partial charge in [0.15, 0.2) is 0 Å². The lowest BCUT2D eigenvalue weighted by Crippen LogP contribution is -2.31. The summed E-state index contributed by atoms with van der Waals surface area (Å²) in [7, 11) is 0. The zero-order chi connectivity index (χ0) is 26.9. The van der Waals surface area contributed by atoms with Crippen molar-refractivity contribution in [1.29, 1.82) is 0 Å². The molecule has 0 radical (unpaired) electrons. The van der Waals surface area contributed by atoms with E-state index in [4.69, 9.17) is 0 Å². The molecule has 9 heteroatoms. The van der Waals surface area contributed by atoms with E-state index >= 15 is 0 Å². The number of aryl methyl sites for hydroxylation is 1. The van der Waals surface area contributed by atoms with Crippen LogP contribution in [0.2, 0.25) is 0 Å². The van der Waals surface area contributed by atoms with Gasteiger partial charge in [-0.1, -0.05) is 36.4 Å². The van der Waals surface area contributed by atoms with Crippen LogP contribution < -0.4 is 5.32 Å². The molecule has 1 amide bonds. The predicted octanol–water partition coefficient (Wildman–Crippen LogP) is 6.21. The Morgan fingerprint density at radius 3 is 2.49 bits per heavy atom. The van der Waals surface area contributed by atoms with E-state index in [2.05, 4.69) is 15.2 Å². The summed E-state index contributed by atoms with van der Waals surface area (Å²) in [5.41, 5.74) is 3.22. The topological polar surface area (TPSA) is 62.3 Å². The van der Waals surface area contributed by atoms with Crippen LogP contribution in [-0.4, -0.2) is 28.1 Å². The maximum absolute atomic E-state index is 13.3. The maximum atomic E-state index is 13.3. The molecule has 1 aliphatic rings. The number of nitrogens with zero attached hydrogens (tertiary/aromatic N) is 2. The number of carbonyl (C=O) groups is 2. The summed E-state index contributed by atoms with van der Waals surface area (Å²) in [5.74, 6) is -0.553. The van der Waals surface area contributed by atoms with Gasteiger partial charge in [0.2, 0.25) is 0 Å². The molecule has 3 aromatic rings. The first-order chi connectivity index (χ1) is 17.4. The van der Waals surface area contributed by atoms with Crippen LogP contribution >= 0.6 is 11.3 Å². The van der Waals surface area contributed by atoms with Crippen LogP contribution in [0, 0.1) is 6.92 Å². The number of Topliss-reactive ketones (excluding diaryl/α,β-unsaturated/α-hetero) is 1. The molecule has 0 fully saturated rings. The average Bonchev–Trinajstić information content (AvgIpc) is 3.24. The molecule has 4 rings (SSSR count). The molecule has 2 heterocycles. The van der Waals surface area contributed by atoms with Gasteiger partial charge >= 0.3 is 6.18 Å². The van der Waals surface area contributed by atoms with Gasteiger partial charge in [0, 0.05) is 19.6 Å². The second-order valence-corrected chi connectivity index (χ2v) is 10.7. The summed E-state index contributed by atoms with van der Waals surface area (Å²) in [4.78, 5) is 31.6. The first-order valence-corrected chi connectivity index (χ1v) is 13.0. The van der Waals surface area contributed by atoms with Gasteiger partial charge in [-0.25, -0.2) is 4.98 Å². The fraction of sp³-hybridized carbons (Fsp3) is 0.393. The van der Waals surface area contributed by atoms with E-state index in [0.717, 1.165) is 22.8 Å². The van der Waals surface area contributed by atoms with Crippen molar-refractivity contribution in [3.63, 3.8) is 0 Å². The fourth-order valence-electron chi connectivity index (χ4n) is 4.57. The highest BCUT2D eigenvalue weighted by molar-refractivity contribution is 7.14. The SMILES string of the molecule is CC(=O)C(C)c1nc(C)c(C(=O)N[C@@H](C)c2ccc(CN3CCc4c(cccc4C(F)(F)F)C3)cc2)s1. The molecule has 0 bridgehead atoms. The summed E-state index contributed by atoms with van der Waals surface area (Å²) >= 11 is 1.25. The van der Waals surface area contributed by atoms with Crippen molar-refractivity contribution >= 4 is 23.0 Å². The number of aromatic nitrogens is 1. The number of thiazole rings is 1. The number of benzene rings is 2. The third-order valence-corrected chi connectivity index (χ3v) is 8.22. The molecule has 1 aromatic heterocycles. The van der Waals surface area contributed by atoms with Crippen molar-refractivity contribution in [2.75, 3.05) is 6.54 Å². The lowest BCUT2D eigenvalue weighted by molar-refractivity contribution is -0.138. The van der Waals surface area contributed by atoms with E-state index in [0.29, 0.717) is 47.2 Å². The van der Waals surface area contributed by atoms with Gasteiger partial charge in [0.25, 0.3) is 5.91 Å². The Balaban J connectivity index is 1.37. The molecule has 0 saturated heterocycles. The zero-order valence-electron chi connectivity index (χ0n) is 21.3. The van der Waals surface area contributed by atoms with Crippen molar-refractivity contribution in [2.45, 2.75) is 65.3 Å². The second-order valence-electron chi connectivity index (χ2n) is 9.64. The molecular weight excluding hydrogens is 499 g/mol. The number of nitrogens with one attached hydrogen (secondary N) is 1. The first kappa shape index (κ1) is 27.0. The molecule has 196 valence electrons. The van der Waals surface area contributed by atoms with Crippen LogP contribution in [0.1, 0.15) is 80.9 Å². The van der Waals surface area contributed by atoms with E-state index in [1.807, 2.05) is 31.2 Å². The van der Waals surface area contributed by atoms with E-state index < -0.39 is 11.7 Å². The highest BCUT2D eigenvalue weighted by atomic mass is 32.1. The lowest BCUT2D eigenvalue weighted by Gasteiger charge is -2.30. The Kier molecular flexibility index (Phi) is 7.85.